The number of nitrogens with one attached hydrogen (secondary N) is 1. The third-order valence-electron chi connectivity index (χ3n) is 5.78. The van der Waals surface area contributed by atoms with E-state index in [1.54, 1.807) is 32.4 Å². The van der Waals surface area contributed by atoms with Gasteiger partial charge in [-0.3, -0.25) is 9.59 Å². The average Bonchev–Trinajstić information content (AvgIpc) is 3.39. The second-order valence-corrected chi connectivity index (χ2v) is 7.75. The van der Waals surface area contributed by atoms with Crippen LogP contribution in [0.2, 0.25) is 0 Å². The molecule has 3 aromatic rings. The molecule has 7 heteroatoms. The Morgan fingerprint density at radius 2 is 1.50 bits per heavy atom. The molecule has 1 N–H and O–H groups in total. The summed E-state index contributed by atoms with van der Waals surface area (Å²) in [6, 6.07) is 16.7. The summed E-state index contributed by atoms with van der Waals surface area (Å²) < 4.78 is 12.5. The summed E-state index contributed by atoms with van der Waals surface area (Å²) in [5.41, 5.74) is 2.21. The summed E-state index contributed by atoms with van der Waals surface area (Å²) in [7, 11) is 3.10. The first kappa shape index (κ1) is 21.5. The zero-order valence-corrected chi connectivity index (χ0v) is 18.3. The van der Waals surface area contributed by atoms with Gasteiger partial charge in [-0.15, -0.1) is 0 Å². The van der Waals surface area contributed by atoms with Crippen molar-refractivity contribution in [3.05, 3.63) is 78.1 Å². The summed E-state index contributed by atoms with van der Waals surface area (Å²) >= 11 is 0. The second-order valence-electron chi connectivity index (χ2n) is 7.75. The van der Waals surface area contributed by atoms with Crippen molar-refractivity contribution >= 4 is 11.8 Å². The summed E-state index contributed by atoms with van der Waals surface area (Å²) in [5.74, 6) is 0.964. The average molecular weight is 434 g/mol. The molecule has 2 heterocycles. The highest BCUT2D eigenvalue weighted by atomic mass is 16.5. The van der Waals surface area contributed by atoms with E-state index < -0.39 is 0 Å². The molecule has 4 rings (SSSR count). The van der Waals surface area contributed by atoms with Crippen molar-refractivity contribution < 1.29 is 19.1 Å². The molecule has 32 heavy (non-hydrogen) atoms. The van der Waals surface area contributed by atoms with E-state index in [4.69, 9.17) is 9.47 Å². The van der Waals surface area contributed by atoms with E-state index in [9.17, 15) is 9.59 Å². The van der Waals surface area contributed by atoms with Crippen LogP contribution >= 0.6 is 0 Å². The minimum Gasteiger partial charge on any atom is -0.493 e. The van der Waals surface area contributed by atoms with Gasteiger partial charge in [-0.05, 0) is 67.4 Å². The van der Waals surface area contributed by atoms with Gasteiger partial charge in [0.2, 0.25) is 0 Å². The van der Waals surface area contributed by atoms with Crippen LogP contribution in [0.1, 0.15) is 33.6 Å². The van der Waals surface area contributed by atoms with Crippen LogP contribution in [0.15, 0.2) is 67.0 Å². The normalized spacial score (nSPS) is 14.1. The first-order valence-electron chi connectivity index (χ1n) is 10.6. The number of hydrogen-bond acceptors (Lipinski definition) is 4. The molecular formula is C25H27N3O4. The van der Waals surface area contributed by atoms with Gasteiger partial charge in [-0.1, -0.05) is 0 Å². The number of benzene rings is 2. The highest BCUT2D eigenvalue weighted by molar-refractivity contribution is 5.95. The van der Waals surface area contributed by atoms with E-state index in [1.165, 1.54) is 0 Å². The van der Waals surface area contributed by atoms with Gasteiger partial charge in [0.15, 0.2) is 11.5 Å². The summed E-state index contributed by atoms with van der Waals surface area (Å²) in [6.45, 7) is 1.21. The van der Waals surface area contributed by atoms with Crippen LogP contribution in [0.3, 0.4) is 0 Å². The van der Waals surface area contributed by atoms with Crippen molar-refractivity contribution in [1.29, 1.82) is 0 Å². The number of nitrogens with zero attached hydrogens (tertiary/aromatic N) is 2. The van der Waals surface area contributed by atoms with Crippen molar-refractivity contribution in [2.75, 3.05) is 27.3 Å². The zero-order chi connectivity index (χ0) is 22.5. The van der Waals surface area contributed by atoms with Crippen molar-refractivity contribution in [3.63, 3.8) is 0 Å². The standard InChI is InChI=1S/C25H27N3O4/c1-31-22-10-7-19(17-23(22)32-2)24(29)26-20-11-15-28(16-12-20)25(30)18-5-8-21(9-6-18)27-13-3-4-14-27/h3-10,13-14,17,20H,11-12,15-16H2,1-2H3,(H,26,29). The van der Waals surface area contributed by atoms with E-state index in [-0.39, 0.29) is 17.9 Å². The summed E-state index contributed by atoms with van der Waals surface area (Å²) in [4.78, 5) is 27.4. The number of piperidine rings is 1. The predicted molar refractivity (Wildman–Crippen MR) is 122 cm³/mol. The Kier molecular flexibility index (Phi) is 6.44. The third kappa shape index (κ3) is 4.61. The van der Waals surface area contributed by atoms with E-state index >= 15 is 0 Å². The van der Waals surface area contributed by atoms with E-state index in [0.717, 1.165) is 5.69 Å². The Bertz CT molecular complexity index is 1070. The Hall–Kier alpha value is -3.74. The topological polar surface area (TPSA) is 72.8 Å². The second kappa shape index (κ2) is 9.60. The molecule has 1 aromatic heterocycles. The SMILES string of the molecule is COc1ccc(C(=O)NC2CCN(C(=O)c3ccc(-n4cccc4)cc3)CC2)cc1OC. The van der Waals surface area contributed by atoms with Gasteiger partial charge in [0.05, 0.1) is 14.2 Å². The molecule has 2 amide bonds. The third-order valence-corrected chi connectivity index (χ3v) is 5.78. The maximum absolute atomic E-state index is 12.9. The van der Waals surface area contributed by atoms with Gasteiger partial charge >= 0.3 is 0 Å². The van der Waals surface area contributed by atoms with Gasteiger partial charge in [0.1, 0.15) is 0 Å². The van der Waals surface area contributed by atoms with Crippen LogP contribution in [0.5, 0.6) is 11.5 Å². The smallest absolute Gasteiger partial charge is 0.253 e. The number of likely N-dealkylation sites (tertiary alicyclic amines) is 1. The molecule has 1 saturated heterocycles. The summed E-state index contributed by atoms with van der Waals surface area (Å²) in [6.07, 6.45) is 5.37. The van der Waals surface area contributed by atoms with Crippen LogP contribution in [-0.4, -0.2) is 54.6 Å². The molecule has 0 unspecified atom stereocenters. The molecule has 7 nitrogen and oxygen atoms in total. The lowest BCUT2D eigenvalue weighted by Gasteiger charge is -2.32. The lowest BCUT2D eigenvalue weighted by Crippen LogP contribution is -2.46. The van der Waals surface area contributed by atoms with Gasteiger partial charge < -0.3 is 24.3 Å². The van der Waals surface area contributed by atoms with Gasteiger partial charge in [0.25, 0.3) is 11.8 Å². The Morgan fingerprint density at radius 1 is 0.875 bits per heavy atom. The van der Waals surface area contributed by atoms with Crippen LogP contribution < -0.4 is 14.8 Å². The van der Waals surface area contributed by atoms with Gasteiger partial charge in [-0.2, -0.15) is 0 Å². The molecule has 0 aliphatic carbocycles. The maximum Gasteiger partial charge on any atom is 0.253 e. The van der Waals surface area contributed by atoms with Crippen LogP contribution in [0.4, 0.5) is 0 Å². The van der Waals surface area contributed by atoms with Crippen LogP contribution in [-0.2, 0) is 0 Å². The lowest BCUT2D eigenvalue weighted by atomic mass is 10.0. The monoisotopic (exact) mass is 433 g/mol. The fraction of sp³-hybridized carbons (Fsp3) is 0.280. The molecule has 0 atom stereocenters. The molecule has 0 radical (unpaired) electrons. The number of carbonyl (C=O) groups excluding carboxylic acids is 2. The molecule has 166 valence electrons. The number of ether oxygens (including phenoxy) is 2. The minimum absolute atomic E-state index is 0.0220. The molecular weight excluding hydrogens is 406 g/mol. The number of carbonyl (C=O) groups is 2. The Balaban J connectivity index is 1.32. The highest BCUT2D eigenvalue weighted by Gasteiger charge is 2.25. The number of methoxy groups -OCH3 is 2. The minimum atomic E-state index is -0.156. The van der Waals surface area contributed by atoms with Crippen LogP contribution in [0, 0.1) is 0 Å². The molecule has 1 fully saturated rings. The molecule has 0 bridgehead atoms. The first-order valence-corrected chi connectivity index (χ1v) is 10.6. The molecule has 2 aromatic carbocycles. The largest absolute Gasteiger partial charge is 0.493 e. The fourth-order valence-electron chi connectivity index (χ4n) is 3.94. The van der Waals surface area contributed by atoms with Crippen molar-refractivity contribution in [2.45, 2.75) is 18.9 Å². The quantitative estimate of drug-likeness (QED) is 0.646. The highest BCUT2D eigenvalue weighted by Crippen LogP contribution is 2.27. The predicted octanol–water partition coefficient (Wildman–Crippen LogP) is 3.53. The van der Waals surface area contributed by atoms with Crippen LogP contribution in [0.25, 0.3) is 5.69 Å². The van der Waals surface area contributed by atoms with Gasteiger partial charge in [0, 0.05) is 48.3 Å². The number of hydrogen-bond donors (Lipinski definition) is 1. The van der Waals surface area contributed by atoms with Crippen molar-refractivity contribution in [3.8, 4) is 17.2 Å². The maximum atomic E-state index is 12.9. The number of amides is 2. The Morgan fingerprint density at radius 3 is 2.12 bits per heavy atom. The lowest BCUT2D eigenvalue weighted by molar-refractivity contribution is 0.0698. The summed E-state index contributed by atoms with van der Waals surface area (Å²) in [5, 5.41) is 3.07. The van der Waals surface area contributed by atoms with Gasteiger partial charge in [-0.25, -0.2) is 0 Å². The number of rotatable bonds is 6. The van der Waals surface area contributed by atoms with Crippen molar-refractivity contribution in [1.82, 2.24) is 14.8 Å². The van der Waals surface area contributed by atoms with Crippen molar-refractivity contribution in [2.24, 2.45) is 0 Å². The van der Waals surface area contributed by atoms with E-state index in [1.807, 2.05) is 58.3 Å². The molecule has 0 spiro atoms. The van der Waals surface area contributed by atoms with E-state index in [0.29, 0.717) is 48.6 Å². The molecule has 1 aliphatic rings. The first-order chi connectivity index (χ1) is 15.6. The fourth-order valence-corrected chi connectivity index (χ4v) is 3.94. The zero-order valence-electron chi connectivity index (χ0n) is 18.3. The Labute approximate surface area is 187 Å². The van der Waals surface area contributed by atoms with E-state index in [2.05, 4.69) is 5.32 Å². The molecule has 0 saturated carbocycles. The molecule has 1 aliphatic heterocycles. The number of aromatic nitrogens is 1.